The molecule has 2 N–H and O–H groups in total. The van der Waals surface area contributed by atoms with Crippen molar-refractivity contribution in [3.63, 3.8) is 0 Å². The molecule has 0 unspecified atom stereocenters. The quantitative estimate of drug-likeness (QED) is 0.556. The molecule has 4 nitrogen and oxygen atoms in total. The van der Waals surface area contributed by atoms with E-state index < -0.39 is 42.8 Å². The van der Waals surface area contributed by atoms with E-state index in [9.17, 15) is 8.78 Å². The Hall–Kier alpha value is -2.58. The molecule has 1 aliphatic heterocycles. The number of fused-ring (bicyclic) bond motifs is 3. The number of nitrogens with one attached hydrogen (secondary N) is 1. The van der Waals surface area contributed by atoms with Gasteiger partial charge in [-0.2, -0.15) is 0 Å². The number of hydrogen-bond donors (Lipinski definition) is 2. The van der Waals surface area contributed by atoms with Gasteiger partial charge in [0.1, 0.15) is 24.0 Å². The Morgan fingerprint density at radius 2 is 1.90 bits per heavy atom. The fraction of sp³-hybridized carbons (Fsp3) is 0.348. The maximum atomic E-state index is 15.2. The number of nitrogens with zero attached hydrogens (tertiary/aromatic N) is 1. The molecule has 0 fully saturated rings. The lowest BCUT2D eigenvalue weighted by Gasteiger charge is -2.42. The number of aliphatic hydroxyl groups is 1. The van der Waals surface area contributed by atoms with Gasteiger partial charge in [-0.1, -0.05) is 18.2 Å². The number of hydrogen-bond acceptors (Lipinski definition) is 3. The molecule has 1 aliphatic rings. The summed E-state index contributed by atoms with van der Waals surface area (Å²) in [6.45, 7) is 3.01. The third-order valence-electron chi connectivity index (χ3n) is 5.76. The van der Waals surface area contributed by atoms with Crippen LogP contribution in [0, 0.1) is 18.6 Å². The first-order valence-corrected chi connectivity index (χ1v) is 10.0. The predicted molar refractivity (Wildman–Crippen MR) is 109 cm³/mol. The van der Waals surface area contributed by atoms with Crippen molar-refractivity contribution in [2.75, 3.05) is 19.8 Å². The molecule has 0 saturated heterocycles. The third kappa shape index (κ3) is 3.90. The molecular formula is C23H23F4N2O2. The summed E-state index contributed by atoms with van der Waals surface area (Å²) in [4.78, 5) is 4.53. The van der Waals surface area contributed by atoms with Gasteiger partial charge in [-0.25, -0.2) is 17.6 Å². The molecule has 0 aliphatic carbocycles. The smallest absolute Gasteiger partial charge is 0.283 e. The molecule has 2 heterocycles. The van der Waals surface area contributed by atoms with E-state index >= 15 is 8.78 Å². The number of alkyl halides is 2. The van der Waals surface area contributed by atoms with Crippen molar-refractivity contribution in [3.05, 3.63) is 71.8 Å². The molecule has 31 heavy (non-hydrogen) atoms. The van der Waals surface area contributed by atoms with E-state index in [1.54, 1.807) is 6.92 Å². The van der Waals surface area contributed by atoms with Crippen LogP contribution in [0.1, 0.15) is 29.8 Å². The van der Waals surface area contributed by atoms with Crippen LogP contribution in [-0.2, 0) is 6.42 Å². The minimum Gasteiger partial charge on any atom is -0.493 e. The number of ether oxygens (including phenoxy) is 1. The number of aromatic amines is 1. The lowest BCUT2D eigenvalue weighted by molar-refractivity contribution is -0.0869. The number of benzene rings is 2. The summed E-state index contributed by atoms with van der Waals surface area (Å²) in [6, 6.07) is 7.90. The Bertz CT molecular complexity index is 1080. The monoisotopic (exact) mass is 435 g/mol. The van der Waals surface area contributed by atoms with Crippen molar-refractivity contribution < 1.29 is 27.4 Å². The van der Waals surface area contributed by atoms with Crippen molar-refractivity contribution >= 4 is 10.9 Å². The Labute approximate surface area is 177 Å². The van der Waals surface area contributed by atoms with Crippen LogP contribution in [0.3, 0.4) is 0 Å². The molecule has 1 aromatic heterocycles. The number of H-pyrrole nitrogens is 1. The summed E-state index contributed by atoms with van der Waals surface area (Å²) in [5, 5.41) is 10.0. The van der Waals surface area contributed by atoms with Gasteiger partial charge in [0, 0.05) is 40.3 Å². The summed E-state index contributed by atoms with van der Waals surface area (Å²) in [6.07, 6.45) is 0.420. The van der Waals surface area contributed by atoms with E-state index in [-0.39, 0.29) is 17.9 Å². The van der Waals surface area contributed by atoms with Crippen LogP contribution in [0.15, 0.2) is 36.4 Å². The second-order valence-electron chi connectivity index (χ2n) is 7.85. The number of rotatable bonds is 6. The van der Waals surface area contributed by atoms with E-state index in [0.29, 0.717) is 12.1 Å². The van der Waals surface area contributed by atoms with Crippen molar-refractivity contribution in [2.24, 2.45) is 0 Å². The largest absolute Gasteiger partial charge is 0.493 e. The highest BCUT2D eigenvalue weighted by Crippen LogP contribution is 2.43. The van der Waals surface area contributed by atoms with Crippen molar-refractivity contribution in [3.8, 4) is 5.75 Å². The Kier molecular flexibility index (Phi) is 5.70. The van der Waals surface area contributed by atoms with Gasteiger partial charge in [-0.15, -0.1) is 0 Å². The van der Waals surface area contributed by atoms with E-state index in [1.165, 1.54) is 4.90 Å². The van der Waals surface area contributed by atoms with E-state index in [1.807, 2.05) is 24.3 Å². The maximum absolute atomic E-state index is 15.2. The van der Waals surface area contributed by atoms with Gasteiger partial charge in [-0.05, 0) is 31.9 Å². The second-order valence-corrected chi connectivity index (χ2v) is 7.85. The van der Waals surface area contributed by atoms with Gasteiger partial charge >= 0.3 is 0 Å². The van der Waals surface area contributed by atoms with E-state index in [0.717, 1.165) is 28.6 Å². The van der Waals surface area contributed by atoms with Crippen LogP contribution in [0.2, 0.25) is 0 Å². The number of aromatic nitrogens is 1. The lowest BCUT2D eigenvalue weighted by atomic mass is 9.87. The number of aliphatic hydroxyl groups excluding tert-OH is 1. The summed E-state index contributed by atoms with van der Waals surface area (Å²) in [7, 11) is 0. The van der Waals surface area contributed by atoms with Crippen LogP contribution in [0.4, 0.5) is 17.6 Å². The van der Waals surface area contributed by atoms with Crippen LogP contribution in [0.25, 0.3) is 10.9 Å². The molecule has 0 saturated carbocycles. The normalized spacial score (nSPS) is 19.6. The zero-order valence-electron chi connectivity index (χ0n) is 17.0. The topological polar surface area (TPSA) is 48.5 Å². The van der Waals surface area contributed by atoms with E-state index in [2.05, 4.69) is 11.9 Å². The highest BCUT2D eigenvalue weighted by Gasteiger charge is 2.43. The standard InChI is InChI=1S/C23H23F4N2O2/c1-3-31-14-9-17(24)20(18(25)10-14)22-21-16(15-6-4-5-7-19(15)28-21)8-13(2)29(22)11-23(26,27)12-30/h4-7,9-10,13,22,28,30H,1,3,8,11-12H2,2H3/t13-,22-/m1/s1. The molecule has 3 aromatic rings. The highest BCUT2D eigenvalue weighted by atomic mass is 19.3. The first-order valence-electron chi connectivity index (χ1n) is 10.0. The molecule has 1 radical (unpaired) electrons. The predicted octanol–water partition coefficient (Wildman–Crippen LogP) is 4.62. The van der Waals surface area contributed by atoms with Crippen LogP contribution in [0.5, 0.6) is 5.75 Å². The lowest BCUT2D eigenvalue weighted by Crippen LogP contribution is -2.49. The molecular weight excluding hydrogens is 412 g/mol. The zero-order valence-corrected chi connectivity index (χ0v) is 17.0. The number of halogens is 4. The minimum atomic E-state index is -3.43. The Morgan fingerprint density at radius 1 is 1.23 bits per heavy atom. The fourth-order valence-corrected chi connectivity index (χ4v) is 4.41. The van der Waals surface area contributed by atoms with Gasteiger partial charge in [0.05, 0.1) is 19.2 Å². The molecule has 0 amide bonds. The van der Waals surface area contributed by atoms with Crippen LogP contribution in [-0.4, -0.2) is 46.7 Å². The van der Waals surface area contributed by atoms with Gasteiger partial charge in [0.15, 0.2) is 0 Å². The average Bonchev–Trinajstić information content (AvgIpc) is 3.08. The van der Waals surface area contributed by atoms with Crippen LogP contribution >= 0.6 is 0 Å². The molecule has 0 spiro atoms. The maximum Gasteiger partial charge on any atom is 0.283 e. The summed E-state index contributed by atoms with van der Waals surface area (Å²) in [5.41, 5.74) is 1.73. The Balaban J connectivity index is 1.92. The minimum absolute atomic E-state index is 0.0142. The summed E-state index contributed by atoms with van der Waals surface area (Å²) in [5.74, 6) is -5.25. The van der Waals surface area contributed by atoms with Crippen LogP contribution < -0.4 is 4.74 Å². The van der Waals surface area contributed by atoms with Crippen molar-refractivity contribution in [1.82, 2.24) is 9.88 Å². The van der Waals surface area contributed by atoms with Gasteiger partial charge in [0.2, 0.25) is 0 Å². The summed E-state index contributed by atoms with van der Waals surface area (Å²) >= 11 is 0. The third-order valence-corrected chi connectivity index (χ3v) is 5.76. The SMILES string of the molecule is [CH2]COc1cc(F)c([C@@H]2c3[nH]c4ccccc4c3C[C@@H](C)N2CC(F)(F)CO)c(F)c1. The second kappa shape index (κ2) is 8.16. The van der Waals surface area contributed by atoms with E-state index in [4.69, 9.17) is 9.84 Å². The molecule has 0 bridgehead atoms. The fourth-order valence-electron chi connectivity index (χ4n) is 4.41. The van der Waals surface area contributed by atoms with Gasteiger partial charge in [0.25, 0.3) is 5.92 Å². The Morgan fingerprint density at radius 3 is 2.55 bits per heavy atom. The average molecular weight is 435 g/mol. The molecule has 165 valence electrons. The summed E-state index contributed by atoms with van der Waals surface area (Å²) < 4.78 is 63.9. The van der Waals surface area contributed by atoms with Gasteiger partial charge < -0.3 is 14.8 Å². The molecule has 8 heteroatoms. The number of para-hydroxylation sites is 1. The molecule has 4 rings (SSSR count). The van der Waals surface area contributed by atoms with Crippen molar-refractivity contribution in [2.45, 2.75) is 31.4 Å². The molecule has 2 aromatic carbocycles. The van der Waals surface area contributed by atoms with Gasteiger partial charge in [-0.3, -0.25) is 4.90 Å². The first-order chi connectivity index (χ1) is 14.8. The first kappa shape index (κ1) is 21.6. The molecule has 2 atom stereocenters. The highest BCUT2D eigenvalue weighted by molar-refractivity contribution is 5.85. The van der Waals surface area contributed by atoms with Crippen molar-refractivity contribution in [1.29, 1.82) is 0 Å². The zero-order chi connectivity index (χ0) is 22.3.